The Hall–Kier alpha value is -1.58. The van der Waals surface area contributed by atoms with E-state index in [1.54, 1.807) is 13.0 Å². The lowest BCUT2D eigenvalue weighted by Crippen LogP contribution is -2.18. The molecule has 0 fully saturated rings. The zero-order valence-corrected chi connectivity index (χ0v) is 10.9. The summed E-state index contributed by atoms with van der Waals surface area (Å²) in [5.41, 5.74) is 2.53. The average molecular weight is 236 g/mol. The molecule has 0 saturated carbocycles. The standard InChI is InChI=1S/C13H20N2O2/c1-5-11(6-2)14-12-8-7-9(3)10(4)13(12)15(16)17/h7-8,11,14H,5-6H2,1-4H3. The molecule has 1 aromatic rings. The van der Waals surface area contributed by atoms with Gasteiger partial charge >= 0.3 is 0 Å². The SMILES string of the molecule is CCC(CC)Nc1ccc(C)c(C)c1[N+](=O)[O-]. The summed E-state index contributed by atoms with van der Waals surface area (Å²) in [6.07, 6.45) is 1.92. The number of hydrogen-bond donors (Lipinski definition) is 1. The minimum absolute atomic E-state index is 0.205. The third-order valence-electron chi connectivity index (χ3n) is 3.23. The second kappa shape index (κ2) is 5.66. The van der Waals surface area contributed by atoms with Gasteiger partial charge in [-0.1, -0.05) is 19.9 Å². The van der Waals surface area contributed by atoms with E-state index < -0.39 is 0 Å². The Kier molecular flexibility index (Phi) is 4.49. The maximum Gasteiger partial charge on any atom is 0.295 e. The third kappa shape index (κ3) is 2.96. The van der Waals surface area contributed by atoms with Gasteiger partial charge in [0.15, 0.2) is 0 Å². The van der Waals surface area contributed by atoms with Gasteiger partial charge in [0, 0.05) is 11.6 Å². The van der Waals surface area contributed by atoms with Crippen molar-refractivity contribution in [2.75, 3.05) is 5.32 Å². The molecule has 0 unspecified atom stereocenters. The van der Waals surface area contributed by atoms with Gasteiger partial charge in [-0.25, -0.2) is 0 Å². The lowest BCUT2D eigenvalue weighted by molar-refractivity contribution is -0.384. The highest BCUT2D eigenvalue weighted by molar-refractivity contribution is 5.67. The van der Waals surface area contributed by atoms with Gasteiger partial charge in [-0.05, 0) is 38.3 Å². The molecule has 0 atom stereocenters. The van der Waals surface area contributed by atoms with Crippen LogP contribution in [-0.2, 0) is 0 Å². The number of benzene rings is 1. The fraction of sp³-hybridized carbons (Fsp3) is 0.538. The second-order valence-corrected chi connectivity index (χ2v) is 4.32. The van der Waals surface area contributed by atoms with Crippen molar-refractivity contribution in [3.05, 3.63) is 33.4 Å². The van der Waals surface area contributed by atoms with Crippen molar-refractivity contribution in [1.29, 1.82) is 0 Å². The average Bonchev–Trinajstić information content (AvgIpc) is 2.30. The summed E-state index contributed by atoms with van der Waals surface area (Å²) in [5, 5.41) is 14.4. The molecule has 17 heavy (non-hydrogen) atoms. The van der Waals surface area contributed by atoms with Crippen molar-refractivity contribution in [2.24, 2.45) is 0 Å². The van der Waals surface area contributed by atoms with Crippen LogP contribution in [0.2, 0.25) is 0 Å². The molecule has 0 spiro atoms. The Morgan fingerprint density at radius 3 is 2.35 bits per heavy atom. The van der Waals surface area contributed by atoms with Crippen LogP contribution in [0.15, 0.2) is 12.1 Å². The fourth-order valence-electron chi connectivity index (χ4n) is 1.87. The second-order valence-electron chi connectivity index (χ2n) is 4.32. The molecular weight excluding hydrogens is 216 g/mol. The van der Waals surface area contributed by atoms with Gasteiger partial charge in [-0.15, -0.1) is 0 Å². The Morgan fingerprint density at radius 2 is 1.88 bits per heavy atom. The molecule has 1 aromatic carbocycles. The van der Waals surface area contributed by atoms with E-state index in [0.29, 0.717) is 5.69 Å². The number of nitro benzene ring substituents is 1. The molecule has 1 N–H and O–H groups in total. The van der Waals surface area contributed by atoms with Gasteiger partial charge in [-0.3, -0.25) is 10.1 Å². The molecule has 4 heteroatoms. The summed E-state index contributed by atoms with van der Waals surface area (Å²) >= 11 is 0. The van der Waals surface area contributed by atoms with Crippen LogP contribution in [0.5, 0.6) is 0 Å². The Morgan fingerprint density at radius 1 is 1.29 bits per heavy atom. The van der Waals surface area contributed by atoms with Crippen molar-refractivity contribution < 1.29 is 4.92 Å². The van der Waals surface area contributed by atoms with Crippen molar-refractivity contribution in [3.8, 4) is 0 Å². The molecule has 1 rings (SSSR count). The summed E-state index contributed by atoms with van der Waals surface area (Å²) < 4.78 is 0. The van der Waals surface area contributed by atoms with Crippen molar-refractivity contribution in [3.63, 3.8) is 0 Å². The number of nitrogens with zero attached hydrogens (tertiary/aromatic N) is 1. The van der Waals surface area contributed by atoms with E-state index >= 15 is 0 Å². The largest absolute Gasteiger partial charge is 0.377 e. The van der Waals surface area contributed by atoms with Gasteiger partial charge < -0.3 is 5.32 Å². The van der Waals surface area contributed by atoms with Crippen LogP contribution >= 0.6 is 0 Å². The highest BCUT2D eigenvalue weighted by Crippen LogP contribution is 2.31. The summed E-state index contributed by atoms with van der Waals surface area (Å²) in [4.78, 5) is 10.8. The summed E-state index contributed by atoms with van der Waals surface area (Å²) in [6.45, 7) is 7.84. The van der Waals surface area contributed by atoms with E-state index in [1.165, 1.54) is 0 Å². The minimum Gasteiger partial charge on any atom is -0.377 e. The Balaban J connectivity index is 3.15. The first-order valence-corrected chi connectivity index (χ1v) is 6.02. The summed E-state index contributed by atoms with van der Waals surface area (Å²) in [7, 11) is 0. The molecular formula is C13H20N2O2. The maximum atomic E-state index is 11.1. The van der Waals surface area contributed by atoms with Crippen LogP contribution in [0, 0.1) is 24.0 Å². The fourth-order valence-corrected chi connectivity index (χ4v) is 1.87. The Labute approximate surface area is 102 Å². The van der Waals surface area contributed by atoms with E-state index in [9.17, 15) is 10.1 Å². The van der Waals surface area contributed by atoms with Crippen molar-refractivity contribution >= 4 is 11.4 Å². The van der Waals surface area contributed by atoms with Crippen molar-refractivity contribution in [2.45, 2.75) is 46.6 Å². The van der Waals surface area contributed by atoms with E-state index in [1.807, 2.05) is 13.0 Å². The molecule has 0 aliphatic rings. The highest BCUT2D eigenvalue weighted by atomic mass is 16.6. The molecule has 0 heterocycles. The molecule has 4 nitrogen and oxygen atoms in total. The quantitative estimate of drug-likeness (QED) is 0.624. The zero-order chi connectivity index (χ0) is 13.0. The van der Waals surface area contributed by atoms with Gasteiger partial charge in [0.25, 0.3) is 5.69 Å². The molecule has 94 valence electrons. The lowest BCUT2D eigenvalue weighted by atomic mass is 10.1. The summed E-state index contributed by atoms with van der Waals surface area (Å²) in [6, 6.07) is 4.02. The molecule has 0 bridgehead atoms. The topological polar surface area (TPSA) is 55.2 Å². The first-order valence-electron chi connectivity index (χ1n) is 6.02. The van der Waals surface area contributed by atoms with E-state index in [4.69, 9.17) is 0 Å². The number of rotatable bonds is 5. The van der Waals surface area contributed by atoms with Crippen LogP contribution in [0.3, 0.4) is 0 Å². The van der Waals surface area contributed by atoms with Crippen LogP contribution in [0.1, 0.15) is 37.8 Å². The van der Waals surface area contributed by atoms with E-state index in [2.05, 4.69) is 19.2 Å². The number of nitro groups is 1. The molecule has 0 aliphatic heterocycles. The minimum atomic E-state index is -0.299. The number of hydrogen-bond acceptors (Lipinski definition) is 3. The molecule has 0 amide bonds. The predicted octanol–water partition coefficient (Wildman–Crippen LogP) is 3.81. The maximum absolute atomic E-state index is 11.1. The smallest absolute Gasteiger partial charge is 0.295 e. The molecule has 0 aromatic heterocycles. The first kappa shape index (κ1) is 13.5. The van der Waals surface area contributed by atoms with Crippen molar-refractivity contribution in [1.82, 2.24) is 0 Å². The number of anilines is 1. The highest BCUT2D eigenvalue weighted by Gasteiger charge is 2.20. The Bertz CT molecular complexity index is 412. The van der Waals surface area contributed by atoms with Crippen LogP contribution in [0.4, 0.5) is 11.4 Å². The first-order chi connectivity index (χ1) is 8.01. The normalized spacial score (nSPS) is 10.6. The van der Waals surface area contributed by atoms with Gasteiger partial charge in [0.05, 0.1) is 4.92 Å². The monoisotopic (exact) mass is 236 g/mol. The molecule has 0 saturated heterocycles. The van der Waals surface area contributed by atoms with Gasteiger partial charge in [-0.2, -0.15) is 0 Å². The zero-order valence-electron chi connectivity index (χ0n) is 10.9. The van der Waals surface area contributed by atoms with E-state index in [-0.39, 0.29) is 16.7 Å². The number of aryl methyl sites for hydroxylation is 1. The van der Waals surface area contributed by atoms with Crippen LogP contribution in [-0.4, -0.2) is 11.0 Å². The third-order valence-corrected chi connectivity index (χ3v) is 3.23. The molecule has 0 radical (unpaired) electrons. The van der Waals surface area contributed by atoms with Crippen LogP contribution in [0.25, 0.3) is 0 Å². The van der Waals surface area contributed by atoms with E-state index in [0.717, 1.165) is 24.0 Å². The molecule has 0 aliphatic carbocycles. The predicted molar refractivity (Wildman–Crippen MR) is 70.6 cm³/mol. The lowest BCUT2D eigenvalue weighted by Gasteiger charge is -2.17. The van der Waals surface area contributed by atoms with Gasteiger partial charge in [0.2, 0.25) is 0 Å². The van der Waals surface area contributed by atoms with Gasteiger partial charge in [0.1, 0.15) is 5.69 Å². The summed E-state index contributed by atoms with van der Waals surface area (Å²) in [5.74, 6) is 0. The number of nitrogens with one attached hydrogen (secondary N) is 1. The van der Waals surface area contributed by atoms with Crippen LogP contribution < -0.4 is 5.32 Å².